The first-order valence-electron chi connectivity index (χ1n) is 16.6. The Morgan fingerprint density at radius 2 is 1.04 bits per heavy atom. The predicted molar refractivity (Wildman–Crippen MR) is 207 cm³/mol. The molecule has 0 fully saturated rings. The quantitative estimate of drug-likeness (QED) is 0.202. The number of allylic oxidation sites excluding steroid dienone is 11. The Labute approximate surface area is 295 Å². The Bertz CT molecular complexity index is 2470. The number of aryl methyl sites for hydroxylation is 1. The lowest BCUT2D eigenvalue weighted by molar-refractivity contribution is -0.673. The fraction of sp³-hybridized carbons (Fsp3) is 0.0455. The minimum atomic E-state index is 0.859. The van der Waals surface area contributed by atoms with Crippen LogP contribution in [0.1, 0.15) is 26.6 Å². The Kier molecular flexibility index (Phi) is 7.37. The molecule has 2 aromatic carbocycles. The molecule has 0 amide bonds. The molecule has 0 spiro atoms. The number of aromatic nitrogens is 1. The maximum Gasteiger partial charge on any atom is 0.216 e. The minimum absolute atomic E-state index is 0.859. The van der Waals surface area contributed by atoms with Crippen molar-refractivity contribution in [1.82, 2.24) is 4.90 Å². The first kappa shape index (κ1) is 29.9. The molecule has 0 atom stereocenters. The van der Waals surface area contributed by atoms with Crippen LogP contribution in [-0.2, 0) is 7.05 Å². The number of hydrogen-bond donors (Lipinski definition) is 0. The van der Waals surface area contributed by atoms with Gasteiger partial charge >= 0.3 is 0 Å². The smallest absolute Gasteiger partial charge is 0.216 e. The second-order valence-electron chi connectivity index (χ2n) is 12.4. The van der Waals surface area contributed by atoms with E-state index in [2.05, 4.69) is 169 Å². The highest BCUT2D eigenvalue weighted by molar-refractivity contribution is 7.14. The number of fused-ring (bicyclic) bond motifs is 5. The molecule has 2 aromatic heterocycles. The highest BCUT2D eigenvalue weighted by Gasteiger charge is 2.29. The summed E-state index contributed by atoms with van der Waals surface area (Å²) < 4.78 is 2.14. The summed E-state index contributed by atoms with van der Waals surface area (Å²) in [5.41, 5.74) is 13.8. The Morgan fingerprint density at radius 1 is 0.520 bits per heavy atom. The van der Waals surface area contributed by atoms with Crippen LogP contribution in [0.3, 0.4) is 0 Å². The first-order chi connectivity index (χ1) is 24.6. The van der Waals surface area contributed by atoms with Crippen molar-refractivity contribution in [2.75, 3.05) is 7.05 Å². The molecule has 50 heavy (non-hydrogen) atoms. The molecule has 5 nitrogen and oxygen atoms in total. The van der Waals surface area contributed by atoms with Crippen molar-refractivity contribution >= 4 is 45.2 Å². The zero-order valence-electron chi connectivity index (χ0n) is 27.7. The monoisotopic (exact) mass is 662 g/mol. The third kappa shape index (κ3) is 5.18. The molecular weight excluding hydrogens is 631 g/mol. The van der Waals surface area contributed by atoms with Gasteiger partial charge in [0.2, 0.25) is 5.69 Å². The number of nitrogens with zero attached hydrogens (tertiary/aromatic N) is 5. The number of thiophene rings is 1. The van der Waals surface area contributed by atoms with E-state index in [9.17, 15) is 0 Å². The van der Waals surface area contributed by atoms with E-state index in [0.29, 0.717) is 0 Å². The molecule has 0 saturated heterocycles. The van der Waals surface area contributed by atoms with Crippen molar-refractivity contribution in [1.29, 1.82) is 0 Å². The molecule has 0 unspecified atom stereocenters. The van der Waals surface area contributed by atoms with E-state index < -0.39 is 0 Å². The summed E-state index contributed by atoms with van der Waals surface area (Å²) in [6.07, 6.45) is 23.2. The molecule has 4 aromatic rings. The Hall–Kier alpha value is -6.24. The molecule has 5 aliphatic rings. The van der Waals surface area contributed by atoms with Gasteiger partial charge in [0.1, 0.15) is 7.05 Å². The fourth-order valence-electron chi connectivity index (χ4n) is 6.92. The van der Waals surface area contributed by atoms with E-state index >= 15 is 0 Å². The Balaban J connectivity index is 1.38. The van der Waals surface area contributed by atoms with Gasteiger partial charge in [-0.3, -0.25) is 0 Å². The SMILES string of the molecule is CN1C=CC=CC1=C1C2=NC(=C(c3ccccc3)c3ccc(s3)C(c3ccccc3)=C3C=CC(=N3)C(c3cccc[n+]3C)=C3C=CC1=N3)C=C2. The van der Waals surface area contributed by atoms with E-state index in [1.54, 1.807) is 11.3 Å². The summed E-state index contributed by atoms with van der Waals surface area (Å²) in [6, 6.07) is 31.9. The number of likely N-dealkylation sites (N-methyl/N-ethyl adjacent to an activating group) is 1. The van der Waals surface area contributed by atoms with E-state index in [1.807, 2.05) is 12.1 Å². The standard InChI is InChI=1S/C44H32N5S/c1-48-27-11-9-17-37(48)43-33-21-19-31(45-33)41(29-13-5-3-6-14-29)39-25-26-40(50-39)42(30-15-7-4-8-16-30)32-20-22-34(46-32)44(36-24-23-35(43)47-36)38-18-10-12-28-49(38)2/h3-28H,1-2H3/q+1. The number of benzene rings is 2. The van der Waals surface area contributed by atoms with E-state index in [1.165, 1.54) is 0 Å². The fourth-order valence-corrected chi connectivity index (χ4v) is 8.08. The second-order valence-corrected chi connectivity index (χ2v) is 13.5. The lowest BCUT2D eigenvalue weighted by Crippen LogP contribution is -2.33. The summed E-state index contributed by atoms with van der Waals surface area (Å²) >= 11 is 1.78. The van der Waals surface area contributed by atoms with Gasteiger partial charge in [-0.05, 0) is 77.9 Å². The second kappa shape index (κ2) is 12.3. The van der Waals surface area contributed by atoms with Crippen LogP contribution in [0, 0.1) is 0 Å². The van der Waals surface area contributed by atoms with Crippen molar-refractivity contribution in [3.63, 3.8) is 0 Å². The van der Waals surface area contributed by atoms with Crippen LogP contribution < -0.4 is 4.57 Å². The summed E-state index contributed by atoms with van der Waals surface area (Å²) in [7, 11) is 4.14. The van der Waals surface area contributed by atoms with Gasteiger partial charge in [-0.15, -0.1) is 11.3 Å². The molecule has 0 saturated carbocycles. The van der Waals surface area contributed by atoms with Gasteiger partial charge < -0.3 is 4.90 Å². The zero-order valence-corrected chi connectivity index (χ0v) is 28.5. The van der Waals surface area contributed by atoms with Crippen molar-refractivity contribution < 1.29 is 4.57 Å². The van der Waals surface area contributed by atoms with Crippen LogP contribution in [0.4, 0.5) is 0 Å². The highest BCUT2D eigenvalue weighted by atomic mass is 32.1. The molecule has 9 rings (SSSR count). The number of pyridine rings is 1. The maximum absolute atomic E-state index is 5.39. The predicted octanol–water partition coefficient (Wildman–Crippen LogP) is 8.82. The molecule has 238 valence electrons. The van der Waals surface area contributed by atoms with Crippen LogP contribution in [0.15, 0.2) is 201 Å². The maximum atomic E-state index is 5.39. The molecule has 6 heteroatoms. The summed E-state index contributed by atoms with van der Waals surface area (Å²) in [5, 5.41) is 0. The van der Waals surface area contributed by atoms with Gasteiger partial charge in [-0.1, -0.05) is 66.7 Å². The average Bonchev–Trinajstić information content (AvgIpc) is 3.98. The summed E-state index contributed by atoms with van der Waals surface area (Å²) in [6.45, 7) is 0. The molecule has 5 aliphatic heterocycles. The van der Waals surface area contributed by atoms with Crippen LogP contribution in [0.2, 0.25) is 0 Å². The van der Waals surface area contributed by atoms with Crippen molar-refractivity contribution in [3.8, 4) is 0 Å². The molecular formula is C44H32N5S+. The van der Waals surface area contributed by atoms with Crippen LogP contribution in [0.25, 0.3) is 16.7 Å². The third-order valence-electron chi connectivity index (χ3n) is 9.30. The lowest BCUT2D eigenvalue weighted by atomic mass is 10.0. The van der Waals surface area contributed by atoms with Gasteiger partial charge in [0, 0.05) is 51.9 Å². The number of rotatable bonds is 3. The molecule has 8 bridgehead atoms. The van der Waals surface area contributed by atoms with Crippen molar-refractivity contribution in [2.24, 2.45) is 22.0 Å². The normalized spacial score (nSPS) is 19.2. The minimum Gasteiger partial charge on any atom is -0.350 e. The molecule has 0 aliphatic carbocycles. The van der Waals surface area contributed by atoms with Gasteiger partial charge in [-0.2, -0.15) is 0 Å². The van der Waals surface area contributed by atoms with E-state index in [0.717, 1.165) is 88.8 Å². The zero-order chi connectivity index (χ0) is 33.6. The summed E-state index contributed by atoms with van der Waals surface area (Å²) in [5.74, 6) is 0. The number of hydrogen-bond acceptors (Lipinski definition) is 5. The van der Waals surface area contributed by atoms with Gasteiger partial charge in [0.15, 0.2) is 6.20 Å². The van der Waals surface area contributed by atoms with E-state index in [4.69, 9.17) is 15.0 Å². The van der Waals surface area contributed by atoms with Crippen LogP contribution in [-0.4, -0.2) is 29.1 Å². The number of aliphatic imine (C=N–C) groups is 3. The lowest BCUT2D eigenvalue weighted by Gasteiger charge is -2.22. The van der Waals surface area contributed by atoms with Crippen LogP contribution >= 0.6 is 11.3 Å². The van der Waals surface area contributed by atoms with Crippen molar-refractivity contribution in [3.05, 3.63) is 213 Å². The Morgan fingerprint density at radius 3 is 1.58 bits per heavy atom. The average molecular weight is 663 g/mol. The molecule has 0 N–H and O–H groups in total. The van der Waals surface area contributed by atoms with Crippen LogP contribution in [0.5, 0.6) is 0 Å². The topological polar surface area (TPSA) is 44.2 Å². The molecule has 7 heterocycles. The van der Waals surface area contributed by atoms with Gasteiger partial charge in [0.05, 0.1) is 45.5 Å². The van der Waals surface area contributed by atoms with Crippen molar-refractivity contribution in [2.45, 2.75) is 0 Å². The first-order valence-corrected chi connectivity index (χ1v) is 17.5. The largest absolute Gasteiger partial charge is 0.350 e. The van der Waals surface area contributed by atoms with E-state index in [-0.39, 0.29) is 0 Å². The van der Waals surface area contributed by atoms with Gasteiger partial charge in [-0.25, -0.2) is 19.5 Å². The molecule has 0 radical (unpaired) electrons. The van der Waals surface area contributed by atoms with Gasteiger partial charge in [0.25, 0.3) is 0 Å². The highest BCUT2D eigenvalue weighted by Crippen LogP contribution is 2.41. The summed E-state index contributed by atoms with van der Waals surface area (Å²) in [4.78, 5) is 20.6. The third-order valence-corrected chi connectivity index (χ3v) is 10.4.